The summed E-state index contributed by atoms with van der Waals surface area (Å²) in [5, 5.41) is 6.71. The van der Waals surface area contributed by atoms with Crippen molar-refractivity contribution in [3.05, 3.63) is 47.7 Å². The molecule has 4 heteroatoms. The van der Waals surface area contributed by atoms with Gasteiger partial charge < -0.3 is 10.6 Å². The SMILES string of the molecule is Cc1cc(NCC(C)C)nc(NC(C)c2ccccc2)n1. The number of hydrogen-bond acceptors (Lipinski definition) is 4. The lowest BCUT2D eigenvalue weighted by molar-refractivity contribution is 0.686. The van der Waals surface area contributed by atoms with Crippen molar-refractivity contribution in [3.8, 4) is 0 Å². The van der Waals surface area contributed by atoms with Gasteiger partial charge in [0.2, 0.25) is 5.95 Å². The van der Waals surface area contributed by atoms with Crippen molar-refractivity contribution in [2.45, 2.75) is 33.7 Å². The molecule has 2 N–H and O–H groups in total. The van der Waals surface area contributed by atoms with Crippen molar-refractivity contribution in [1.29, 1.82) is 0 Å². The highest BCUT2D eigenvalue weighted by atomic mass is 15.2. The number of nitrogens with one attached hydrogen (secondary N) is 2. The predicted octanol–water partition coefficient (Wildman–Crippen LogP) is 4.03. The summed E-state index contributed by atoms with van der Waals surface area (Å²) in [6.07, 6.45) is 0. The average molecular weight is 284 g/mol. The van der Waals surface area contributed by atoms with Crippen LogP contribution in [0.4, 0.5) is 11.8 Å². The molecule has 0 aliphatic heterocycles. The van der Waals surface area contributed by atoms with Gasteiger partial charge in [0.1, 0.15) is 5.82 Å². The number of benzene rings is 1. The quantitative estimate of drug-likeness (QED) is 0.841. The summed E-state index contributed by atoms with van der Waals surface area (Å²) in [4.78, 5) is 9.00. The van der Waals surface area contributed by atoms with Crippen LogP contribution in [0.25, 0.3) is 0 Å². The van der Waals surface area contributed by atoms with E-state index < -0.39 is 0 Å². The van der Waals surface area contributed by atoms with Crippen LogP contribution in [0.15, 0.2) is 36.4 Å². The molecule has 1 atom stereocenters. The molecule has 0 saturated carbocycles. The van der Waals surface area contributed by atoms with Crippen molar-refractivity contribution in [3.63, 3.8) is 0 Å². The number of rotatable bonds is 6. The molecule has 0 radical (unpaired) electrons. The second kappa shape index (κ2) is 7.07. The Kier molecular flexibility index (Phi) is 5.14. The standard InChI is InChI=1S/C17H24N4/c1-12(2)11-18-16-10-13(3)19-17(21-16)20-14(4)15-8-6-5-7-9-15/h5-10,12,14H,11H2,1-4H3,(H2,18,19,20,21). The maximum Gasteiger partial charge on any atom is 0.225 e. The second-order valence-electron chi connectivity index (χ2n) is 5.77. The fraction of sp³-hybridized carbons (Fsp3) is 0.412. The predicted molar refractivity (Wildman–Crippen MR) is 88.6 cm³/mol. The summed E-state index contributed by atoms with van der Waals surface area (Å²) in [5.74, 6) is 2.12. The molecule has 0 bridgehead atoms. The average Bonchev–Trinajstić information content (AvgIpc) is 2.45. The first-order valence-corrected chi connectivity index (χ1v) is 7.45. The van der Waals surface area contributed by atoms with Crippen LogP contribution in [-0.2, 0) is 0 Å². The topological polar surface area (TPSA) is 49.8 Å². The third-order valence-corrected chi connectivity index (χ3v) is 3.19. The van der Waals surface area contributed by atoms with E-state index in [1.165, 1.54) is 5.56 Å². The van der Waals surface area contributed by atoms with Gasteiger partial charge in [-0.1, -0.05) is 44.2 Å². The van der Waals surface area contributed by atoms with Gasteiger partial charge in [0, 0.05) is 18.3 Å². The Labute approximate surface area is 127 Å². The third-order valence-electron chi connectivity index (χ3n) is 3.19. The summed E-state index contributed by atoms with van der Waals surface area (Å²) < 4.78 is 0. The fourth-order valence-electron chi connectivity index (χ4n) is 2.05. The van der Waals surface area contributed by atoms with Crippen LogP contribution in [-0.4, -0.2) is 16.5 Å². The lowest BCUT2D eigenvalue weighted by Gasteiger charge is -2.16. The molecule has 1 aromatic heterocycles. The fourth-order valence-corrected chi connectivity index (χ4v) is 2.05. The minimum atomic E-state index is 0.172. The Balaban J connectivity index is 2.09. The molecule has 1 unspecified atom stereocenters. The van der Waals surface area contributed by atoms with E-state index in [1.54, 1.807) is 0 Å². The van der Waals surface area contributed by atoms with Crippen molar-refractivity contribution >= 4 is 11.8 Å². The monoisotopic (exact) mass is 284 g/mol. The molecular formula is C17H24N4. The van der Waals surface area contributed by atoms with Crippen LogP contribution in [0, 0.1) is 12.8 Å². The van der Waals surface area contributed by atoms with Gasteiger partial charge in [0.25, 0.3) is 0 Å². The number of hydrogen-bond donors (Lipinski definition) is 2. The Morgan fingerprint density at radius 2 is 1.76 bits per heavy atom. The van der Waals surface area contributed by atoms with Gasteiger partial charge in [0.05, 0.1) is 6.04 Å². The summed E-state index contributed by atoms with van der Waals surface area (Å²) in [7, 11) is 0. The molecule has 112 valence electrons. The van der Waals surface area contributed by atoms with Crippen LogP contribution in [0.5, 0.6) is 0 Å². The normalized spacial score (nSPS) is 12.2. The van der Waals surface area contributed by atoms with E-state index in [4.69, 9.17) is 0 Å². The van der Waals surface area contributed by atoms with E-state index in [2.05, 4.69) is 53.5 Å². The van der Waals surface area contributed by atoms with Gasteiger partial charge in [-0.15, -0.1) is 0 Å². The number of aryl methyl sites for hydroxylation is 1. The number of aromatic nitrogens is 2. The smallest absolute Gasteiger partial charge is 0.225 e. The molecule has 21 heavy (non-hydrogen) atoms. The molecule has 0 aliphatic carbocycles. The van der Waals surface area contributed by atoms with E-state index in [9.17, 15) is 0 Å². The van der Waals surface area contributed by atoms with E-state index >= 15 is 0 Å². The van der Waals surface area contributed by atoms with Crippen LogP contribution < -0.4 is 10.6 Å². The summed E-state index contributed by atoms with van der Waals surface area (Å²) in [6.45, 7) is 9.36. The maximum atomic E-state index is 4.54. The molecule has 0 saturated heterocycles. The first-order chi connectivity index (χ1) is 10.0. The van der Waals surface area contributed by atoms with E-state index in [0.717, 1.165) is 18.1 Å². The van der Waals surface area contributed by atoms with Gasteiger partial charge in [-0.05, 0) is 25.3 Å². The minimum absolute atomic E-state index is 0.172. The molecule has 2 aromatic rings. The summed E-state index contributed by atoms with van der Waals surface area (Å²) >= 11 is 0. The molecule has 1 aromatic carbocycles. The maximum absolute atomic E-state index is 4.54. The number of nitrogens with zero attached hydrogens (tertiary/aromatic N) is 2. The van der Waals surface area contributed by atoms with E-state index in [0.29, 0.717) is 11.9 Å². The summed E-state index contributed by atoms with van der Waals surface area (Å²) in [6, 6.07) is 12.5. The lowest BCUT2D eigenvalue weighted by Crippen LogP contribution is -2.13. The van der Waals surface area contributed by atoms with Crippen molar-refractivity contribution in [2.75, 3.05) is 17.2 Å². The summed E-state index contributed by atoms with van der Waals surface area (Å²) in [5.41, 5.74) is 2.18. The molecule has 4 nitrogen and oxygen atoms in total. The zero-order valence-corrected chi connectivity index (χ0v) is 13.2. The molecule has 0 amide bonds. The van der Waals surface area contributed by atoms with E-state index in [-0.39, 0.29) is 6.04 Å². The molecule has 0 aliphatic rings. The van der Waals surface area contributed by atoms with E-state index in [1.807, 2.05) is 31.2 Å². The Morgan fingerprint density at radius 3 is 2.43 bits per heavy atom. The first-order valence-electron chi connectivity index (χ1n) is 7.45. The highest BCUT2D eigenvalue weighted by molar-refractivity contribution is 5.43. The molecular weight excluding hydrogens is 260 g/mol. The number of anilines is 2. The third kappa shape index (κ3) is 4.74. The molecule has 2 rings (SSSR count). The molecule has 0 fully saturated rings. The van der Waals surface area contributed by atoms with Crippen LogP contribution in [0.1, 0.15) is 38.1 Å². The Bertz CT molecular complexity index is 566. The van der Waals surface area contributed by atoms with Gasteiger partial charge >= 0.3 is 0 Å². The second-order valence-corrected chi connectivity index (χ2v) is 5.77. The lowest BCUT2D eigenvalue weighted by atomic mass is 10.1. The van der Waals surface area contributed by atoms with Gasteiger partial charge in [-0.2, -0.15) is 4.98 Å². The van der Waals surface area contributed by atoms with Crippen LogP contribution in [0.3, 0.4) is 0 Å². The van der Waals surface area contributed by atoms with Crippen LogP contribution in [0.2, 0.25) is 0 Å². The van der Waals surface area contributed by atoms with Crippen molar-refractivity contribution < 1.29 is 0 Å². The largest absolute Gasteiger partial charge is 0.370 e. The van der Waals surface area contributed by atoms with Crippen molar-refractivity contribution in [2.24, 2.45) is 5.92 Å². The zero-order chi connectivity index (χ0) is 15.2. The highest BCUT2D eigenvalue weighted by Gasteiger charge is 2.08. The first kappa shape index (κ1) is 15.3. The highest BCUT2D eigenvalue weighted by Crippen LogP contribution is 2.18. The Hall–Kier alpha value is -2.10. The Morgan fingerprint density at radius 1 is 1.05 bits per heavy atom. The van der Waals surface area contributed by atoms with Gasteiger partial charge in [-0.3, -0.25) is 0 Å². The molecule has 1 heterocycles. The van der Waals surface area contributed by atoms with Gasteiger partial charge in [0.15, 0.2) is 0 Å². The van der Waals surface area contributed by atoms with Gasteiger partial charge in [-0.25, -0.2) is 4.98 Å². The molecule has 0 spiro atoms. The zero-order valence-electron chi connectivity index (χ0n) is 13.2. The van der Waals surface area contributed by atoms with Crippen LogP contribution >= 0.6 is 0 Å². The minimum Gasteiger partial charge on any atom is -0.370 e. The van der Waals surface area contributed by atoms with Crippen molar-refractivity contribution in [1.82, 2.24) is 9.97 Å².